The molecule has 2 rings (SSSR count). The number of ether oxygens (including phenoxy) is 1. The standard InChI is InChI=1S/C18H34N6O/c1-3-19-18(21-14-17-22-15-23-24(17)2)20-12-8-5-9-13-25-16-10-6-4-7-11-16/h15-16H,3-14H2,1-2H3,(H2,19,20,21). The van der Waals surface area contributed by atoms with Crippen LogP contribution in [-0.4, -0.2) is 46.5 Å². The quantitative estimate of drug-likeness (QED) is 0.385. The van der Waals surface area contributed by atoms with E-state index in [-0.39, 0.29) is 0 Å². The van der Waals surface area contributed by atoms with Gasteiger partial charge in [-0.05, 0) is 39.0 Å². The lowest BCUT2D eigenvalue weighted by Gasteiger charge is -2.21. The van der Waals surface area contributed by atoms with Crippen LogP contribution in [0.2, 0.25) is 0 Å². The molecule has 1 aromatic rings. The number of aryl methyl sites for hydroxylation is 1. The van der Waals surface area contributed by atoms with Crippen LogP contribution in [0, 0.1) is 0 Å². The topological polar surface area (TPSA) is 76.4 Å². The van der Waals surface area contributed by atoms with Gasteiger partial charge in [-0.15, -0.1) is 0 Å². The minimum Gasteiger partial charge on any atom is -0.378 e. The van der Waals surface area contributed by atoms with E-state index >= 15 is 0 Å². The van der Waals surface area contributed by atoms with Gasteiger partial charge < -0.3 is 15.4 Å². The summed E-state index contributed by atoms with van der Waals surface area (Å²) >= 11 is 0. The van der Waals surface area contributed by atoms with Crippen LogP contribution in [0.1, 0.15) is 64.1 Å². The summed E-state index contributed by atoms with van der Waals surface area (Å²) in [5, 5.41) is 10.7. The summed E-state index contributed by atoms with van der Waals surface area (Å²) in [5.74, 6) is 1.70. The fraction of sp³-hybridized carbons (Fsp3) is 0.833. The maximum absolute atomic E-state index is 5.97. The summed E-state index contributed by atoms with van der Waals surface area (Å²) in [7, 11) is 1.88. The molecule has 0 atom stereocenters. The second-order valence-corrected chi connectivity index (χ2v) is 6.61. The van der Waals surface area contributed by atoms with Crippen molar-refractivity contribution in [1.82, 2.24) is 25.4 Å². The van der Waals surface area contributed by atoms with E-state index in [0.717, 1.165) is 44.3 Å². The molecule has 1 heterocycles. The molecule has 0 amide bonds. The third kappa shape index (κ3) is 7.86. The van der Waals surface area contributed by atoms with Crippen molar-refractivity contribution in [2.75, 3.05) is 19.7 Å². The first-order valence-corrected chi connectivity index (χ1v) is 9.76. The molecule has 1 aliphatic rings. The van der Waals surface area contributed by atoms with Crippen molar-refractivity contribution in [2.45, 2.75) is 70.9 Å². The van der Waals surface area contributed by atoms with Crippen LogP contribution < -0.4 is 10.6 Å². The molecule has 0 spiro atoms. The third-order valence-corrected chi connectivity index (χ3v) is 4.55. The van der Waals surface area contributed by atoms with Crippen LogP contribution >= 0.6 is 0 Å². The summed E-state index contributed by atoms with van der Waals surface area (Å²) in [6, 6.07) is 0. The Morgan fingerprint density at radius 3 is 2.80 bits per heavy atom. The fourth-order valence-electron chi connectivity index (χ4n) is 3.05. The Balaban J connectivity index is 1.55. The van der Waals surface area contributed by atoms with Crippen LogP contribution in [0.15, 0.2) is 11.3 Å². The van der Waals surface area contributed by atoms with Crippen LogP contribution in [-0.2, 0) is 18.3 Å². The average Bonchev–Trinajstić information content (AvgIpc) is 3.04. The van der Waals surface area contributed by atoms with Gasteiger partial charge in [0.15, 0.2) is 5.96 Å². The van der Waals surface area contributed by atoms with Crippen molar-refractivity contribution in [3.05, 3.63) is 12.2 Å². The molecule has 0 unspecified atom stereocenters. The highest BCUT2D eigenvalue weighted by molar-refractivity contribution is 5.79. The van der Waals surface area contributed by atoms with E-state index in [0.29, 0.717) is 12.6 Å². The molecule has 1 fully saturated rings. The van der Waals surface area contributed by atoms with Gasteiger partial charge >= 0.3 is 0 Å². The molecule has 1 aromatic heterocycles. The lowest BCUT2D eigenvalue weighted by atomic mass is 9.98. The number of aliphatic imine (C=N–C) groups is 1. The van der Waals surface area contributed by atoms with Crippen molar-refractivity contribution >= 4 is 5.96 Å². The van der Waals surface area contributed by atoms with E-state index in [4.69, 9.17) is 4.74 Å². The van der Waals surface area contributed by atoms with Gasteiger partial charge in [0, 0.05) is 26.7 Å². The zero-order valence-electron chi connectivity index (χ0n) is 15.8. The summed E-state index contributed by atoms with van der Waals surface area (Å²) < 4.78 is 7.72. The Morgan fingerprint density at radius 1 is 1.24 bits per heavy atom. The molecule has 142 valence electrons. The zero-order valence-corrected chi connectivity index (χ0v) is 15.8. The number of aromatic nitrogens is 3. The van der Waals surface area contributed by atoms with Crippen molar-refractivity contribution in [2.24, 2.45) is 12.0 Å². The molecule has 0 radical (unpaired) electrons. The van der Waals surface area contributed by atoms with Gasteiger partial charge in [0.05, 0.1) is 6.10 Å². The first-order valence-electron chi connectivity index (χ1n) is 9.76. The van der Waals surface area contributed by atoms with E-state index in [9.17, 15) is 0 Å². The smallest absolute Gasteiger partial charge is 0.191 e. The third-order valence-electron chi connectivity index (χ3n) is 4.55. The highest BCUT2D eigenvalue weighted by Crippen LogP contribution is 2.20. The minimum absolute atomic E-state index is 0.528. The van der Waals surface area contributed by atoms with Crippen LogP contribution in [0.3, 0.4) is 0 Å². The largest absolute Gasteiger partial charge is 0.378 e. The SMILES string of the molecule is CCNC(=NCc1ncnn1C)NCCCCCOC1CCCCC1. The average molecular weight is 351 g/mol. The molecule has 0 bridgehead atoms. The van der Waals surface area contributed by atoms with E-state index in [1.54, 1.807) is 11.0 Å². The summed E-state index contributed by atoms with van der Waals surface area (Å²) in [4.78, 5) is 8.75. The van der Waals surface area contributed by atoms with Gasteiger partial charge in [0.25, 0.3) is 0 Å². The predicted molar refractivity (Wildman–Crippen MR) is 100 cm³/mol. The molecule has 2 N–H and O–H groups in total. The number of hydrogen-bond donors (Lipinski definition) is 2. The second-order valence-electron chi connectivity index (χ2n) is 6.61. The molecule has 7 nitrogen and oxygen atoms in total. The van der Waals surface area contributed by atoms with E-state index in [2.05, 4.69) is 32.6 Å². The summed E-state index contributed by atoms with van der Waals surface area (Å²) in [5.41, 5.74) is 0. The Kier molecular flexibility index (Phi) is 9.33. The Hall–Kier alpha value is -1.63. The van der Waals surface area contributed by atoms with Gasteiger partial charge in [-0.2, -0.15) is 5.10 Å². The van der Waals surface area contributed by atoms with Crippen molar-refractivity contribution in [3.8, 4) is 0 Å². The van der Waals surface area contributed by atoms with Gasteiger partial charge in [-0.1, -0.05) is 19.3 Å². The Labute approximate surface area is 151 Å². The van der Waals surface area contributed by atoms with Crippen molar-refractivity contribution < 1.29 is 4.74 Å². The predicted octanol–water partition coefficient (Wildman–Crippen LogP) is 2.39. The number of hydrogen-bond acceptors (Lipinski definition) is 4. The number of nitrogens with zero attached hydrogens (tertiary/aromatic N) is 4. The van der Waals surface area contributed by atoms with E-state index < -0.39 is 0 Å². The highest BCUT2D eigenvalue weighted by Gasteiger charge is 2.12. The molecule has 0 saturated heterocycles. The van der Waals surface area contributed by atoms with E-state index in [1.807, 2.05) is 7.05 Å². The lowest BCUT2D eigenvalue weighted by Crippen LogP contribution is -2.37. The zero-order chi connectivity index (χ0) is 17.7. The van der Waals surface area contributed by atoms with Gasteiger partial charge in [0.1, 0.15) is 18.7 Å². The summed E-state index contributed by atoms with van der Waals surface area (Å²) in [6.45, 7) is 5.28. The van der Waals surface area contributed by atoms with E-state index in [1.165, 1.54) is 38.5 Å². The molecule has 7 heteroatoms. The number of nitrogens with one attached hydrogen (secondary N) is 2. The van der Waals surface area contributed by atoms with Crippen LogP contribution in [0.4, 0.5) is 0 Å². The lowest BCUT2D eigenvalue weighted by molar-refractivity contribution is 0.0264. The normalized spacial score (nSPS) is 16.2. The van der Waals surface area contributed by atoms with Crippen molar-refractivity contribution in [1.29, 1.82) is 0 Å². The highest BCUT2D eigenvalue weighted by atomic mass is 16.5. The second kappa shape index (κ2) is 11.8. The molecule has 0 aliphatic heterocycles. The Morgan fingerprint density at radius 2 is 2.08 bits per heavy atom. The molecule has 25 heavy (non-hydrogen) atoms. The maximum atomic E-state index is 5.97. The summed E-state index contributed by atoms with van der Waals surface area (Å²) in [6.07, 6.45) is 12.1. The monoisotopic (exact) mass is 350 g/mol. The molecular formula is C18H34N6O. The number of unbranched alkanes of at least 4 members (excludes halogenated alkanes) is 2. The molecular weight excluding hydrogens is 316 g/mol. The number of rotatable bonds is 10. The fourth-order valence-corrected chi connectivity index (χ4v) is 3.05. The van der Waals surface area contributed by atoms with Gasteiger partial charge in [0.2, 0.25) is 0 Å². The maximum Gasteiger partial charge on any atom is 0.191 e. The van der Waals surface area contributed by atoms with Crippen LogP contribution in [0.5, 0.6) is 0 Å². The van der Waals surface area contributed by atoms with Crippen molar-refractivity contribution in [3.63, 3.8) is 0 Å². The molecule has 1 aliphatic carbocycles. The number of guanidine groups is 1. The Bertz CT molecular complexity index is 496. The van der Waals surface area contributed by atoms with Crippen LogP contribution in [0.25, 0.3) is 0 Å². The molecule has 0 aromatic carbocycles. The first-order chi connectivity index (χ1) is 12.3. The minimum atomic E-state index is 0.528. The van der Waals surface area contributed by atoms with Gasteiger partial charge in [-0.25, -0.2) is 9.98 Å². The molecule has 1 saturated carbocycles. The first kappa shape index (κ1) is 19.7. The van der Waals surface area contributed by atoms with Gasteiger partial charge in [-0.3, -0.25) is 4.68 Å².